The first-order chi connectivity index (χ1) is 14.1. The zero-order valence-electron chi connectivity index (χ0n) is 17.1. The van der Waals surface area contributed by atoms with Crippen molar-refractivity contribution in [3.8, 4) is 11.3 Å². The molecule has 0 aliphatic carbocycles. The average Bonchev–Trinajstić information content (AvgIpc) is 3.21. The number of carbonyl (C=O) groups excluding carboxylic acids is 1. The van der Waals surface area contributed by atoms with Crippen molar-refractivity contribution in [2.45, 2.75) is 39.7 Å². The summed E-state index contributed by atoms with van der Waals surface area (Å²) in [7, 11) is 0. The van der Waals surface area contributed by atoms with Crippen LogP contribution in [0.25, 0.3) is 22.2 Å². The number of aromatic nitrogens is 3. The Morgan fingerprint density at radius 3 is 2.76 bits per heavy atom. The first kappa shape index (κ1) is 19.6. The van der Waals surface area contributed by atoms with Crippen LogP contribution < -0.4 is 0 Å². The summed E-state index contributed by atoms with van der Waals surface area (Å²) in [5.74, 6) is 0.759. The lowest BCUT2D eigenvalue weighted by atomic mass is 9.97. The molecule has 0 radical (unpaired) electrons. The molecule has 1 aromatic carbocycles. The highest BCUT2D eigenvalue weighted by atomic mass is 16.3. The van der Waals surface area contributed by atoms with E-state index in [0.717, 1.165) is 54.5 Å². The summed E-state index contributed by atoms with van der Waals surface area (Å²) in [6, 6.07) is 8.08. The van der Waals surface area contributed by atoms with Crippen LogP contribution >= 0.6 is 0 Å². The van der Waals surface area contributed by atoms with Gasteiger partial charge in [-0.15, -0.1) is 0 Å². The van der Waals surface area contributed by atoms with Crippen LogP contribution in [0.2, 0.25) is 0 Å². The Bertz CT molecular complexity index is 1020. The number of aliphatic hydroxyl groups excluding tert-OH is 1. The molecule has 0 atom stereocenters. The standard InChI is InChI=1S/C23H28N4O2/c1-3-17-4-5-21-19(12-17)20(23(29)26-8-6-16(2)7-9-26)13-22(25-21)18-14-24-27(15-18)10-11-28/h4-5,12-16,28H,3,6-11H2,1-2H3. The van der Waals surface area contributed by atoms with Gasteiger partial charge in [0.1, 0.15) is 0 Å². The number of pyridine rings is 1. The van der Waals surface area contributed by atoms with Crippen LogP contribution in [0, 0.1) is 5.92 Å². The molecule has 1 N–H and O–H groups in total. The normalized spacial score (nSPS) is 15.2. The second-order valence-electron chi connectivity index (χ2n) is 7.95. The summed E-state index contributed by atoms with van der Waals surface area (Å²) in [5, 5.41) is 14.3. The molecule has 1 amide bonds. The van der Waals surface area contributed by atoms with Crippen LogP contribution in [0.3, 0.4) is 0 Å². The number of hydrogen-bond donors (Lipinski definition) is 1. The van der Waals surface area contributed by atoms with E-state index in [1.165, 1.54) is 5.56 Å². The van der Waals surface area contributed by atoms with Crippen LogP contribution in [0.5, 0.6) is 0 Å². The van der Waals surface area contributed by atoms with Crippen molar-refractivity contribution in [2.75, 3.05) is 19.7 Å². The molecule has 0 bridgehead atoms. The molecular weight excluding hydrogens is 364 g/mol. The van der Waals surface area contributed by atoms with Gasteiger partial charge in [0.05, 0.1) is 36.1 Å². The topological polar surface area (TPSA) is 71.2 Å². The molecule has 0 unspecified atom stereocenters. The molecule has 3 heterocycles. The number of benzene rings is 1. The van der Waals surface area contributed by atoms with Gasteiger partial charge in [0, 0.05) is 30.2 Å². The maximum Gasteiger partial charge on any atom is 0.254 e. The highest BCUT2D eigenvalue weighted by Crippen LogP contribution is 2.28. The van der Waals surface area contributed by atoms with Gasteiger partial charge in [-0.25, -0.2) is 4.98 Å². The van der Waals surface area contributed by atoms with Crippen LogP contribution in [0.15, 0.2) is 36.7 Å². The van der Waals surface area contributed by atoms with E-state index in [1.54, 1.807) is 10.9 Å². The Kier molecular flexibility index (Phi) is 5.62. The highest BCUT2D eigenvalue weighted by Gasteiger charge is 2.24. The minimum atomic E-state index is 0.0309. The molecule has 6 heteroatoms. The third-order valence-corrected chi connectivity index (χ3v) is 5.84. The zero-order valence-corrected chi connectivity index (χ0v) is 17.1. The summed E-state index contributed by atoms with van der Waals surface area (Å²) in [6.07, 6.45) is 6.62. The van der Waals surface area contributed by atoms with E-state index in [1.807, 2.05) is 23.2 Å². The van der Waals surface area contributed by atoms with Gasteiger partial charge in [0.2, 0.25) is 0 Å². The lowest BCUT2D eigenvalue weighted by Crippen LogP contribution is -2.38. The molecule has 1 fully saturated rings. The molecule has 1 aliphatic rings. The minimum Gasteiger partial charge on any atom is -0.394 e. The number of hydrogen-bond acceptors (Lipinski definition) is 4. The third kappa shape index (κ3) is 4.03. The summed E-state index contributed by atoms with van der Waals surface area (Å²) in [6.45, 7) is 6.45. The van der Waals surface area contributed by atoms with E-state index in [9.17, 15) is 4.79 Å². The predicted octanol–water partition coefficient (Wildman–Crippen LogP) is 3.53. The molecular formula is C23H28N4O2. The number of piperidine rings is 1. The van der Waals surface area contributed by atoms with Crippen molar-refractivity contribution in [1.29, 1.82) is 0 Å². The van der Waals surface area contributed by atoms with E-state index in [0.29, 0.717) is 18.0 Å². The number of aryl methyl sites for hydroxylation is 1. The number of aliphatic hydroxyl groups is 1. The minimum absolute atomic E-state index is 0.0309. The maximum atomic E-state index is 13.5. The first-order valence-corrected chi connectivity index (χ1v) is 10.5. The van der Waals surface area contributed by atoms with Gasteiger partial charge in [0.15, 0.2) is 0 Å². The zero-order chi connectivity index (χ0) is 20.4. The number of fused-ring (bicyclic) bond motifs is 1. The number of carbonyl (C=O) groups is 1. The fourth-order valence-electron chi connectivity index (χ4n) is 3.92. The van der Waals surface area contributed by atoms with Crippen LogP contribution in [0.1, 0.15) is 42.6 Å². The van der Waals surface area contributed by atoms with Gasteiger partial charge in [-0.2, -0.15) is 5.10 Å². The van der Waals surface area contributed by atoms with Gasteiger partial charge in [-0.05, 0) is 48.9 Å². The summed E-state index contributed by atoms with van der Waals surface area (Å²) in [4.78, 5) is 20.2. The number of amides is 1. The molecule has 1 saturated heterocycles. The molecule has 2 aromatic heterocycles. The lowest BCUT2D eigenvalue weighted by Gasteiger charge is -2.30. The molecule has 3 aromatic rings. The highest BCUT2D eigenvalue weighted by molar-refractivity contribution is 6.07. The predicted molar refractivity (Wildman–Crippen MR) is 114 cm³/mol. The molecule has 29 heavy (non-hydrogen) atoms. The average molecular weight is 393 g/mol. The van der Waals surface area contributed by atoms with E-state index >= 15 is 0 Å². The summed E-state index contributed by atoms with van der Waals surface area (Å²) < 4.78 is 1.69. The molecule has 0 spiro atoms. The lowest BCUT2D eigenvalue weighted by molar-refractivity contribution is 0.0699. The van der Waals surface area contributed by atoms with Gasteiger partial charge < -0.3 is 10.0 Å². The molecule has 6 nitrogen and oxygen atoms in total. The van der Waals surface area contributed by atoms with Crippen LogP contribution in [0.4, 0.5) is 0 Å². The van der Waals surface area contributed by atoms with Gasteiger partial charge in [-0.3, -0.25) is 9.48 Å². The Labute approximate surface area is 171 Å². The Morgan fingerprint density at radius 1 is 1.24 bits per heavy atom. The smallest absolute Gasteiger partial charge is 0.254 e. The number of nitrogens with zero attached hydrogens (tertiary/aromatic N) is 4. The van der Waals surface area contributed by atoms with E-state index < -0.39 is 0 Å². The summed E-state index contributed by atoms with van der Waals surface area (Å²) in [5.41, 5.74) is 4.32. The van der Waals surface area contributed by atoms with E-state index in [2.05, 4.69) is 31.1 Å². The van der Waals surface area contributed by atoms with Crippen molar-refractivity contribution in [1.82, 2.24) is 19.7 Å². The number of rotatable bonds is 5. The van der Waals surface area contributed by atoms with Crippen molar-refractivity contribution in [3.63, 3.8) is 0 Å². The Balaban J connectivity index is 1.79. The molecule has 0 saturated carbocycles. The van der Waals surface area contributed by atoms with E-state index in [4.69, 9.17) is 10.1 Å². The fourth-order valence-corrected chi connectivity index (χ4v) is 3.92. The summed E-state index contributed by atoms with van der Waals surface area (Å²) >= 11 is 0. The molecule has 152 valence electrons. The monoisotopic (exact) mass is 392 g/mol. The van der Waals surface area contributed by atoms with Crippen LogP contribution in [-0.2, 0) is 13.0 Å². The Morgan fingerprint density at radius 2 is 2.03 bits per heavy atom. The molecule has 4 rings (SSSR count). The van der Waals surface area contributed by atoms with Gasteiger partial charge in [-0.1, -0.05) is 19.9 Å². The second-order valence-corrected chi connectivity index (χ2v) is 7.95. The molecule has 1 aliphatic heterocycles. The Hall–Kier alpha value is -2.73. The number of likely N-dealkylation sites (tertiary alicyclic amines) is 1. The van der Waals surface area contributed by atoms with E-state index in [-0.39, 0.29) is 12.5 Å². The quantitative estimate of drug-likeness (QED) is 0.721. The van der Waals surface area contributed by atoms with Gasteiger partial charge in [0.25, 0.3) is 5.91 Å². The largest absolute Gasteiger partial charge is 0.394 e. The van der Waals surface area contributed by atoms with Crippen LogP contribution in [-0.4, -0.2) is 50.4 Å². The fraction of sp³-hybridized carbons (Fsp3) is 0.435. The SMILES string of the molecule is CCc1ccc2nc(-c3cnn(CCO)c3)cc(C(=O)N3CCC(C)CC3)c2c1. The first-order valence-electron chi connectivity index (χ1n) is 10.5. The van der Waals surface area contributed by atoms with Gasteiger partial charge >= 0.3 is 0 Å². The van der Waals surface area contributed by atoms with Crippen molar-refractivity contribution in [3.05, 3.63) is 47.8 Å². The third-order valence-electron chi connectivity index (χ3n) is 5.84. The van der Waals surface area contributed by atoms with Crippen molar-refractivity contribution >= 4 is 16.8 Å². The maximum absolute atomic E-state index is 13.5. The van der Waals surface area contributed by atoms with Crippen molar-refractivity contribution < 1.29 is 9.90 Å². The van der Waals surface area contributed by atoms with Crippen molar-refractivity contribution in [2.24, 2.45) is 5.92 Å². The second kappa shape index (κ2) is 8.33.